The highest BCUT2D eigenvalue weighted by Crippen LogP contribution is 2.42. The number of benzene rings is 1. The number of carbonyl (C=O) groups is 1. The van der Waals surface area contributed by atoms with Gasteiger partial charge in [0, 0.05) is 39.6 Å². The number of guanidine groups is 1. The number of hydrogen-bond acceptors (Lipinski definition) is 2. The molecule has 1 aromatic rings. The van der Waals surface area contributed by atoms with E-state index in [-0.39, 0.29) is 5.91 Å². The normalized spacial score (nSPS) is 19.4. The number of likely N-dealkylation sites (tertiary alicyclic amines) is 1. The molecule has 1 saturated heterocycles. The predicted octanol–water partition coefficient (Wildman–Crippen LogP) is 3.05. The van der Waals surface area contributed by atoms with Crippen molar-refractivity contribution in [3.8, 4) is 0 Å². The van der Waals surface area contributed by atoms with E-state index in [4.69, 9.17) is 0 Å². The molecule has 3 rings (SSSR count). The molecule has 1 heterocycles. The molecule has 5 nitrogen and oxygen atoms in total. The molecule has 0 unspecified atom stereocenters. The molecule has 1 saturated carbocycles. The van der Waals surface area contributed by atoms with E-state index in [2.05, 4.69) is 40.7 Å². The molecule has 1 aromatic carbocycles. The Kier molecular flexibility index (Phi) is 6.17. The summed E-state index contributed by atoms with van der Waals surface area (Å²) in [4.78, 5) is 18.3. The van der Waals surface area contributed by atoms with E-state index in [1.54, 1.807) is 0 Å². The maximum absolute atomic E-state index is 11.9. The lowest BCUT2D eigenvalue weighted by Crippen LogP contribution is -2.46. The second-order valence-electron chi connectivity index (χ2n) is 7.67. The molecule has 0 spiro atoms. The lowest BCUT2D eigenvalue weighted by molar-refractivity contribution is -0.128. The van der Waals surface area contributed by atoms with Crippen LogP contribution in [0.3, 0.4) is 0 Å². The van der Waals surface area contributed by atoms with Crippen LogP contribution in [-0.4, -0.2) is 36.9 Å². The Bertz CT molecular complexity index is 646. The third-order valence-corrected chi connectivity index (χ3v) is 6.12. The Morgan fingerprint density at radius 2 is 1.96 bits per heavy atom. The van der Waals surface area contributed by atoms with Gasteiger partial charge in [-0.2, -0.15) is 0 Å². The first kappa shape index (κ1) is 18.7. The largest absolute Gasteiger partial charge is 0.356 e. The third kappa shape index (κ3) is 4.37. The topological polar surface area (TPSA) is 56.7 Å². The number of amides is 1. The Labute approximate surface area is 157 Å². The van der Waals surface area contributed by atoms with Crippen molar-refractivity contribution in [2.45, 2.75) is 58.5 Å². The van der Waals surface area contributed by atoms with E-state index >= 15 is 0 Å². The summed E-state index contributed by atoms with van der Waals surface area (Å²) < 4.78 is 0. The standard InChI is InChI=1S/C21H32N4O/c1-3-21(11-7-12-21)16-24-20(22-2)23-14-17-8-4-5-9-18(17)15-25-13-6-10-19(25)26/h4-5,8-9H,3,6-7,10-16H2,1-2H3,(H2,22,23,24). The number of nitrogens with zero attached hydrogens (tertiary/aromatic N) is 2. The molecule has 0 atom stereocenters. The summed E-state index contributed by atoms with van der Waals surface area (Å²) in [6.07, 6.45) is 6.89. The quantitative estimate of drug-likeness (QED) is 0.583. The first-order valence-corrected chi connectivity index (χ1v) is 9.95. The molecular formula is C21H32N4O. The van der Waals surface area contributed by atoms with Crippen LogP contribution in [0.25, 0.3) is 0 Å². The number of nitrogens with one attached hydrogen (secondary N) is 2. The maximum atomic E-state index is 11.9. The zero-order valence-corrected chi connectivity index (χ0v) is 16.2. The first-order chi connectivity index (χ1) is 12.7. The second kappa shape index (κ2) is 8.56. The minimum Gasteiger partial charge on any atom is -0.356 e. The van der Waals surface area contributed by atoms with Crippen molar-refractivity contribution in [3.05, 3.63) is 35.4 Å². The summed E-state index contributed by atoms with van der Waals surface area (Å²) in [6.45, 7) is 5.58. The smallest absolute Gasteiger partial charge is 0.222 e. The summed E-state index contributed by atoms with van der Waals surface area (Å²) in [6, 6.07) is 8.37. The fourth-order valence-electron chi connectivity index (χ4n) is 3.96. The van der Waals surface area contributed by atoms with Gasteiger partial charge in [0.1, 0.15) is 0 Å². The minimum absolute atomic E-state index is 0.274. The Hall–Kier alpha value is -2.04. The minimum atomic E-state index is 0.274. The van der Waals surface area contributed by atoms with Gasteiger partial charge in [0.2, 0.25) is 5.91 Å². The van der Waals surface area contributed by atoms with Crippen LogP contribution in [0.1, 0.15) is 56.6 Å². The van der Waals surface area contributed by atoms with E-state index in [9.17, 15) is 4.79 Å². The van der Waals surface area contributed by atoms with E-state index in [0.717, 1.165) is 32.0 Å². The molecule has 2 N–H and O–H groups in total. The summed E-state index contributed by atoms with van der Waals surface area (Å²) in [7, 11) is 1.82. The number of hydrogen-bond donors (Lipinski definition) is 2. The van der Waals surface area contributed by atoms with E-state index in [1.807, 2.05) is 18.0 Å². The van der Waals surface area contributed by atoms with Gasteiger partial charge in [-0.1, -0.05) is 37.6 Å². The lowest BCUT2D eigenvalue weighted by atomic mass is 9.67. The Morgan fingerprint density at radius 1 is 1.19 bits per heavy atom. The number of carbonyl (C=O) groups excluding carboxylic acids is 1. The molecule has 142 valence electrons. The maximum Gasteiger partial charge on any atom is 0.222 e. The fraction of sp³-hybridized carbons (Fsp3) is 0.619. The van der Waals surface area contributed by atoms with Gasteiger partial charge in [0.15, 0.2) is 5.96 Å². The van der Waals surface area contributed by atoms with Crippen molar-refractivity contribution >= 4 is 11.9 Å². The van der Waals surface area contributed by atoms with Crippen LogP contribution in [0.2, 0.25) is 0 Å². The zero-order chi connectivity index (χ0) is 18.4. The van der Waals surface area contributed by atoms with Crippen molar-refractivity contribution in [2.75, 3.05) is 20.1 Å². The van der Waals surface area contributed by atoms with Crippen molar-refractivity contribution in [2.24, 2.45) is 10.4 Å². The van der Waals surface area contributed by atoms with Gasteiger partial charge in [-0.25, -0.2) is 0 Å². The molecular weight excluding hydrogens is 324 g/mol. The van der Waals surface area contributed by atoms with Crippen LogP contribution >= 0.6 is 0 Å². The fourth-order valence-corrected chi connectivity index (χ4v) is 3.96. The van der Waals surface area contributed by atoms with Gasteiger partial charge in [0.25, 0.3) is 0 Å². The van der Waals surface area contributed by atoms with E-state index < -0.39 is 0 Å². The summed E-state index contributed by atoms with van der Waals surface area (Å²) in [5, 5.41) is 6.95. The highest BCUT2D eigenvalue weighted by Gasteiger charge is 2.34. The van der Waals surface area contributed by atoms with Crippen LogP contribution < -0.4 is 10.6 Å². The van der Waals surface area contributed by atoms with E-state index in [0.29, 0.717) is 18.4 Å². The van der Waals surface area contributed by atoms with Gasteiger partial charge in [-0.15, -0.1) is 0 Å². The van der Waals surface area contributed by atoms with Crippen molar-refractivity contribution in [1.29, 1.82) is 0 Å². The number of aliphatic imine (C=N–C) groups is 1. The molecule has 0 radical (unpaired) electrons. The lowest BCUT2D eigenvalue weighted by Gasteiger charge is -2.41. The Morgan fingerprint density at radius 3 is 2.54 bits per heavy atom. The van der Waals surface area contributed by atoms with Crippen molar-refractivity contribution in [3.63, 3.8) is 0 Å². The summed E-state index contributed by atoms with van der Waals surface area (Å²) in [5.41, 5.74) is 2.91. The van der Waals surface area contributed by atoms with Gasteiger partial charge in [0.05, 0.1) is 0 Å². The molecule has 2 aliphatic rings. The highest BCUT2D eigenvalue weighted by molar-refractivity contribution is 5.80. The molecule has 5 heteroatoms. The molecule has 1 aliphatic heterocycles. The molecule has 0 aromatic heterocycles. The molecule has 1 aliphatic carbocycles. The van der Waals surface area contributed by atoms with Crippen LogP contribution in [0, 0.1) is 5.41 Å². The van der Waals surface area contributed by atoms with Crippen molar-refractivity contribution in [1.82, 2.24) is 15.5 Å². The highest BCUT2D eigenvalue weighted by atomic mass is 16.2. The zero-order valence-electron chi connectivity index (χ0n) is 16.2. The Balaban J connectivity index is 1.55. The molecule has 26 heavy (non-hydrogen) atoms. The van der Waals surface area contributed by atoms with Gasteiger partial charge in [-0.05, 0) is 42.2 Å². The number of rotatable bonds is 7. The summed E-state index contributed by atoms with van der Waals surface area (Å²) in [5.74, 6) is 1.13. The average Bonchev–Trinajstić information content (AvgIpc) is 3.03. The molecule has 2 fully saturated rings. The predicted molar refractivity (Wildman–Crippen MR) is 106 cm³/mol. The van der Waals surface area contributed by atoms with Crippen LogP contribution in [0.15, 0.2) is 29.3 Å². The SMILES string of the molecule is CCC1(CNC(=NC)NCc2ccccc2CN2CCCC2=O)CCC1. The summed E-state index contributed by atoms with van der Waals surface area (Å²) >= 11 is 0. The van der Waals surface area contributed by atoms with Crippen molar-refractivity contribution < 1.29 is 4.79 Å². The van der Waals surface area contributed by atoms with Gasteiger partial charge in [-0.3, -0.25) is 9.79 Å². The van der Waals surface area contributed by atoms with Gasteiger partial charge >= 0.3 is 0 Å². The third-order valence-electron chi connectivity index (χ3n) is 6.12. The molecule has 0 bridgehead atoms. The van der Waals surface area contributed by atoms with Crippen LogP contribution in [0.5, 0.6) is 0 Å². The van der Waals surface area contributed by atoms with Crippen LogP contribution in [0.4, 0.5) is 0 Å². The van der Waals surface area contributed by atoms with E-state index in [1.165, 1.54) is 36.8 Å². The average molecular weight is 357 g/mol. The van der Waals surface area contributed by atoms with Gasteiger partial charge < -0.3 is 15.5 Å². The second-order valence-corrected chi connectivity index (χ2v) is 7.67. The monoisotopic (exact) mass is 356 g/mol. The first-order valence-electron chi connectivity index (χ1n) is 9.95. The van der Waals surface area contributed by atoms with Crippen LogP contribution in [-0.2, 0) is 17.9 Å². The molecule has 1 amide bonds.